The summed E-state index contributed by atoms with van der Waals surface area (Å²) in [5.41, 5.74) is 0.681. The zero-order valence-electron chi connectivity index (χ0n) is 8.78. The summed E-state index contributed by atoms with van der Waals surface area (Å²) in [5, 5.41) is 14.6. The monoisotopic (exact) mass is 240 g/mol. The second-order valence-corrected chi connectivity index (χ2v) is 4.41. The molecule has 2 rings (SSSR count). The topological polar surface area (TPSA) is 55.2 Å². The van der Waals surface area contributed by atoms with Crippen molar-refractivity contribution < 1.29 is 4.92 Å². The van der Waals surface area contributed by atoms with E-state index >= 15 is 0 Å². The van der Waals surface area contributed by atoms with Crippen molar-refractivity contribution in [1.82, 2.24) is 5.32 Å². The molecule has 0 aliphatic heterocycles. The number of rotatable bonds is 4. The van der Waals surface area contributed by atoms with Gasteiger partial charge in [-0.25, -0.2) is 0 Å². The predicted octanol–water partition coefficient (Wildman–Crippen LogP) is 2.89. The van der Waals surface area contributed by atoms with Gasteiger partial charge in [-0.05, 0) is 18.9 Å². The molecular formula is C11H13ClN2O2. The third kappa shape index (κ3) is 2.33. The predicted molar refractivity (Wildman–Crippen MR) is 62.6 cm³/mol. The van der Waals surface area contributed by atoms with Crippen molar-refractivity contribution in [2.45, 2.75) is 31.8 Å². The Balaban J connectivity index is 2.13. The summed E-state index contributed by atoms with van der Waals surface area (Å²) in [6.45, 7) is 0.473. The molecule has 1 aromatic carbocycles. The van der Waals surface area contributed by atoms with Crippen molar-refractivity contribution in [2.75, 3.05) is 0 Å². The van der Waals surface area contributed by atoms with Crippen LogP contribution in [0.4, 0.5) is 5.69 Å². The summed E-state index contributed by atoms with van der Waals surface area (Å²) in [5.74, 6) is 0. The molecule has 0 bridgehead atoms. The second kappa shape index (κ2) is 4.80. The highest BCUT2D eigenvalue weighted by Crippen LogP contribution is 2.27. The van der Waals surface area contributed by atoms with Crippen LogP contribution in [-0.4, -0.2) is 11.0 Å². The van der Waals surface area contributed by atoms with Gasteiger partial charge in [-0.2, -0.15) is 0 Å². The standard InChI is InChI=1S/C11H13ClN2O2/c12-10-5-2-6-11(14(15)16)9(10)7-13-8-3-1-4-8/h2,5-6,8,13H,1,3-4,7H2. The third-order valence-electron chi connectivity index (χ3n) is 2.96. The first-order valence-corrected chi connectivity index (χ1v) is 5.71. The summed E-state index contributed by atoms with van der Waals surface area (Å²) in [7, 11) is 0. The van der Waals surface area contributed by atoms with E-state index in [4.69, 9.17) is 11.6 Å². The molecule has 1 fully saturated rings. The molecule has 1 aromatic rings. The van der Waals surface area contributed by atoms with Crippen molar-refractivity contribution in [2.24, 2.45) is 0 Å². The fourth-order valence-electron chi connectivity index (χ4n) is 1.75. The van der Waals surface area contributed by atoms with Crippen LogP contribution in [0.2, 0.25) is 5.02 Å². The minimum Gasteiger partial charge on any atom is -0.310 e. The van der Waals surface area contributed by atoms with Crippen LogP contribution in [0.25, 0.3) is 0 Å². The molecule has 1 saturated carbocycles. The van der Waals surface area contributed by atoms with E-state index in [1.807, 2.05) is 0 Å². The first-order valence-electron chi connectivity index (χ1n) is 5.33. The summed E-state index contributed by atoms with van der Waals surface area (Å²) in [4.78, 5) is 10.4. The Bertz CT molecular complexity index is 405. The van der Waals surface area contributed by atoms with Crippen LogP contribution < -0.4 is 5.32 Å². The fraction of sp³-hybridized carbons (Fsp3) is 0.455. The van der Waals surface area contributed by atoms with Gasteiger partial charge in [-0.15, -0.1) is 0 Å². The Morgan fingerprint density at radius 3 is 2.81 bits per heavy atom. The third-order valence-corrected chi connectivity index (χ3v) is 3.32. The lowest BCUT2D eigenvalue weighted by Gasteiger charge is -2.26. The van der Waals surface area contributed by atoms with E-state index in [1.54, 1.807) is 12.1 Å². The van der Waals surface area contributed by atoms with E-state index in [0.717, 1.165) is 12.8 Å². The zero-order chi connectivity index (χ0) is 11.5. The molecule has 0 radical (unpaired) electrons. The molecular weight excluding hydrogens is 228 g/mol. The molecule has 0 spiro atoms. The Morgan fingerprint density at radius 2 is 2.25 bits per heavy atom. The lowest BCUT2D eigenvalue weighted by molar-refractivity contribution is -0.385. The Morgan fingerprint density at radius 1 is 1.50 bits per heavy atom. The van der Waals surface area contributed by atoms with Gasteiger partial charge in [0.15, 0.2) is 0 Å². The van der Waals surface area contributed by atoms with E-state index in [0.29, 0.717) is 23.2 Å². The minimum absolute atomic E-state index is 0.0966. The normalized spacial score (nSPS) is 15.8. The number of hydrogen-bond donors (Lipinski definition) is 1. The number of hydrogen-bond acceptors (Lipinski definition) is 3. The van der Waals surface area contributed by atoms with Gasteiger partial charge < -0.3 is 5.32 Å². The van der Waals surface area contributed by atoms with Gasteiger partial charge in [0.2, 0.25) is 0 Å². The van der Waals surface area contributed by atoms with Crippen molar-refractivity contribution >= 4 is 17.3 Å². The van der Waals surface area contributed by atoms with Crippen molar-refractivity contribution in [3.8, 4) is 0 Å². The zero-order valence-corrected chi connectivity index (χ0v) is 9.54. The molecule has 86 valence electrons. The SMILES string of the molecule is O=[N+]([O-])c1cccc(Cl)c1CNC1CCC1. The van der Waals surface area contributed by atoms with Gasteiger partial charge in [0.25, 0.3) is 5.69 Å². The summed E-state index contributed by atoms with van der Waals surface area (Å²) in [6.07, 6.45) is 3.54. The smallest absolute Gasteiger partial charge is 0.275 e. The maximum atomic E-state index is 10.8. The van der Waals surface area contributed by atoms with E-state index < -0.39 is 0 Å². The van der Waals surface area contributed by atoms with E-state index in [-0.39, 0.29) is 10.6 Å². The van der Waals surface area contributed by atoms with Crippen LogP contribution in [0.1, 0.15) is 24.8 Å². The van der Waals surface area contributed by atoms with Gasteiger partial charge in [0, 0.05) is 18.7 Å². The molecule has 4 nitrogen and oxygen atoms in total. The molecule has 0 unspecified atom stereocenters. The number of halogens is 1. The van der Waals surface area contributed by atoms with Crippen LogP contribution in [-0.2, 0) is 6.54 Å². The summed E-state index contributed by atoms with van der Waals surface area (Å²) < 4.78 is 0. The average Bonchev–Trinajstić information content (AvgIpc) is 2.17. The first kappa shape index (κ1) is 11.4. The first-order chi connectivity index (χ1) is 7.68. The Kier molecular flexibility index (Phi) is 3.41. The highest BCUT2D eigenvalue weighted by Gasteiger charge is 2.20. The van der Waals surface area contributed by atoms with Gasteiger partial charge in [-0.3, -0.25) is 10.1 Å². The number of nitrogens with one attached hydrogen (secondary N) is 1. The highest BCUT2D eigenvalue weighted by atomic mass is 35.5. The van der Waals surface area contributed by atoms with Gasteiger partial charge in [0.05, 0.1) is 15.5 Å². The van der Waals surface area contributed by atoms with E-state index in [9.17, 15) is 10.1 Å². The van der Waals surface area contributed by atoms with E-state index in [2.05, 4.69) is 5.32 Å². The van der Waals surface area contributed by atoms with Crippen LogP contribution >= 0.6 is 11.6 Å². The molecule has 1 aliphatic rings. The van der Waals surface area contributed by atoms with Crippen LogP contribution in [0.15, 0.2) is 18.2 Å². The molecule has 0 heterocycles. The average molecular weight is 241 g/mol. The maximum Gasteiger partial charge on any atom is 0.275 e. The summed E-state index contributed by atoms with van der Waals surface area (Å²) >= 11 is 5.97. The quantitative estimate of drug-likeness (QED) is 0.650. The molecule has 1 aliphatic carbocycles. The van der Waals surface area contributed by atoms with Crippen LogP contribution in [0.5, 0.6) is 0 Å². The van der Waals surface area contributed by atoms with E-state index in [1.165, 1.54) is 12.5 Å². The molecule has 5 heteroatoms. The lowest BCUT2D eigenvalue weighted by atomic mass is 9.93. The molecule has 1 N–H and O–H groups in total. The number of nitrogens with zero attached hydrogens (tertiary/aromatic N) is 1. The molecule has 0 amide bonds. The number of nitro benzene ring substituents is 1. The van der Waals surface area contributed by atoms with Crippen molar-refractivity contribution in [3.63, 3.8) is 0 Å². The Labute approximate surface area is 98.8 Å². The lowest BCUT2D eigenvalue weighted by Crippen LogP contribution is -2.34. The fourth-order valence-corrected chi connectivity index (χ4v) is 1.99. The summed E-state index contributed by atoms with van der Waals surface area (Å²) in [6, 6.07) is 5.28. The van der Waals surface area contributed by atoms with Gasteiger partial charge in [-0.1, -0.05) is 24.1 Å². The van der Waals surface area contributed by atoms with Gasteiger partial charge >= 0.3 is 0 Å². The highest BCUT2D eigenvalue weighted by molar-refractivity contribution is 6.31. The Hall–Kier alpha value is -1.13. The molecule has 0 atom stereocenters. The molecule has 0 saturated heterocycles. The number of benzene rings is 1. The molecule has 0 aromatic heterocycles. The van der Waals surface area contributed by atoms with Crippen LogP contribution in [0.3, 0.4) is 0 Å². The van der Waals surface area contributed by atoms with Gasteiger partial charge in [0.1, 0.15) is 0 Å². The molecule has 16 heavy (non-hydrogen) atoms. The van der Waals surface area contributed by atoms with Crippen molar-refractivity contribution in [1.29, 1.82) is 0 Å². The minimum atomic E-state index is -0.385. The second-order valence-electron chi connectivity index (χ2n) is 4.00. The van der Waals surface area contributed by atoms with Crippen LogP contribution in [0, 0.1) is 10.1 Å². The van der Waals surface area contributed by atoms with Crippen molar-refractivity contribution in [3.05, 3.63) is 38.9 Å². The largest absolute Gasteiger partial charge is 0.310 e. The number of nitro groups is 1. The maximum absolute atomic E-state index is 10.8.